The Balaban J connectivity index is 1.84. The van der Waals surface area contributed by atoms with Crippen molar-refractivity contribution in [3.05, 3.63) is 50.8 Å². The van der Waals surface area contributed by atoms with Crippen LogP contribution in [0.5, 0.6) is 28.7 Å². The van der Waals surface area contributed by atoms with Crippen molar-refractivity contribution in [2.75, 3.05) is 35.0 Å². The molecular formula is C23H23N3O6S. The van der Waals surface area contributed by atoms with Crippen molar-refractivity contribution in [1.29, 1.82) is 0 Å². The number of hydrogen-bond donors (Lipinski definition) is 0. The van der Waals surface area contributed by atoms with Gasteiger partial charge in [0.1, 0.15) is 0 Å². The molecule has 4 rings (SSSR count). The van der Waals surface area contributed by atoms with Crippen LogP contribution in [0.25, 0.3) is 22.4 Å². The van der Waals surface area contributed by atoms with Crippen LogP contribution in [0.4, 0.5) is 0 Å². The molecule has 0 atom stereocenters. The molecule has 0 radical (unpaired) electrons. The molecule has 2 aromatic carbocycles. The summed E-state index contributed by atoms with van der Waals surface area (Å²) >= 11 is 1.25. The highest BCUT2D eigenvalue weighted by Gasteiger charge is 2.19. The molecule has 0 unspecified atom stereocenters. The summed E-state index contributed by atoms with van der Waals surface area (Å²) in [6.45, 7) is 2.44. The maximum Gasteiger partial charge on any atom is 0.276 e. The summed E-state index contributed by atoms with van der Waals surface area (Å²) in [6, 6.07) is 8.98. The zero-order valence-electron chi connectivity index (χ0n) is 18.9. The number of hydrogen-bond acceptors (Lipinski definition) is 9. The van der Waals surface area contributed by atoms with Gasteiger partial charge in [0, 0.05) is 5.56 Å². The molecule has 33 heavy (non-hydrogen) atoms. The van der Waals surface area contributed by atoms with E-state index in [1.807, 2.05) is 25.1 Å². The van der Waals surface area contributed by atoms with Gasteiger partial charge in [-0.1, -0.05) is 17.4 Å². The van der Waals surface area contributed by atoms with E-state index in [1.165, 1.54) is 37.1 Å². The lowest BCUT2D eigenvalue weighted by atomic mass is 10.1. The van der Waals surface area contributed by atoms with E-state index >= 15 is 0 Å². The van der Waals surface area contributed by atoms with Crippen LogP contribution in [-0.2, 0) is 0 Å². The SMILES string of the molecule is CCOc1ccc(/C=c2\sc3nnc(-c4cc(OC)c(OC)c(OC)c4)n3c2=O)cc1OC. The largest absolute Gasteiger partial charge is 0.493 e. The van der Waals surface area contributed by atoms with Crippen molar-refractivity contribution in [2.45, 2.75) is 6.92 Å². The fourth-order valence-corrected chi connectivity index (χ4v) is 4.37. The molecule has 2 aromatic heterocycles. The second-order valence-electron chi connectivity index (χ2n) is 6.81. The molecule has 10 heteroatoms. The maximum atomic E-state index is 13.3. The normalized spacial score (nSPS) is 11.6. The Bertz CT molecular complexity index is 1390. The average Bonchev–Trinajstić information content (AvgIpc) is 3.39. The molecular weight excluding hydrogens is 446 g/mol. The fourth-order valence-electron chi connectivity index (χ4n) is 3.46. The summed E-state index contributed by atoms with van der Waals surface area (Å²) in [5.41, 5.74) is 1.19. The maximum absolute atomic E-state index is 13.3. The van der Waals surface area contributed by atoms with Crippen molar-refractivity contribution in [3.8, 4) is 40.1 Å². The van der Waals surface area contributed by atoms with Crippen molar-refractivity contribution in [3.63, 3.8) is 0 Å². The molecule has 0 N–H and O–H groups in total. The minimum Gasteiger partial charge on any atom is -0.493 e. The molecule has 172 valence electrons. The molecule has 9 nitrogen and oxygen atoms in total. The topological polar surface area (TPSA) is 93.4 Å². The van der Waals surface area contributed by atoms with Gasteiger partial charge in [-0.05, 0) is 42.8 Å². The van der Waals surface area contributed by atoms with Crippen LogP contribution in [-0.4, -0.2) is 49.6 Å². The Morgan fingerprint density at radius 1 is 0.909 bits per heavy atom. The summed E-state index contributed by atoms with van der Waals surface area (Å²) in [4.78, 5) is 13.7. The van der Waals surface area contributed by atoms with Gasteiger partial charge in [0.2, 0.25) is 10.7 Å². The molecule has 2 heterocycles. The Labute approximate surface area is 193 Å². The molecule has 0 aliphatic carbocycles. The lowest BCUT2D eigenvalue weighted by Crippen LogP contribution is -2.23. The van der Waals surface area contributed by atoms with Gasteiger partial charge in [-0.3, -0.25) is 4.79 Å². The zero-order chi connectivity index (χ0) is 23.5. The zero-order valence-corrected chi connectivity index (χ0v) is 19.7. The molecule has 0 fully saturated rings. The number of benzene rings is 2. The van der Waals surface area contributed by atoms with Crippen LogP contribution < -0.4 is 33.8 Å². The van der Waals surface area contributed by atoms with Crippen LogP contribution >= 0.6 is 11.3 Å². The third-order valence-electron chi connectivity index (χ3n) is 4.96. The first kappa shape index (κ1) is 22.4. The number of fused-ring (bicyclic) bond motifs is 1. The second kappa shape index (κ2) is 9.37. The monoisotopic (exact) mass is 469 g/mol. The Morgan fingerprint density at radius 2 is 1.61 bits per heavy atom. The van der Waals surface area contributed by atoms with E-state index in [2.05, 4.69) is 10.2 Å². The van der Waals surface area contributed by atoms with E-state index in [1.54, 1.807) is 25.3 Å². The Kier molecular flexibility index (Phi) is 6.36. The van der Waals surface area contributed by atoms with Gasteiger partial charge in [0.05, 0.1) is 39.6 Å². The number of ether oxygens (including phenoxy) is 5. The molecule has 0 saturated carbocycles. The summed E-state index contributed by atoms with van der Waals surface area (Å²) in [5.74, 6) is 3.00. The third kappa shape index (κ3) is 4.05. The lowest BCUT2D eigenvalue weighted by Gasteiger charge is -2.13. The average molecular weight is 470 g/mol. The molecule has 0 amide bonds. The van der Waals surface area contributed by atoms with Crippen molar-refractivity contribution in [2.24, 2.45) is 0 Å². The van der Waals surface area contributed by atoms with Crippen molar-refractivity contribution < 1.29 is 23.7 Å². The van der Waals surface area contributed by atoms with E-state index in [4.69, 9.17) is 23.7 Å². The van der Waals surface area contributed by atoms with Crippen LogP contribution in [0.2, 0.25) is 0 Å². The van der Waals surface area contributed by atoms with Crippen LogP contribution in [0.3, 0.4) is 0 Å². The summed E-state index contributed by atoms with van der Waals surface area (Å²) < 4.78 is 29.2. The smallest absolute Gasteiger partial charge is 0.276 e. The molecule has 0 spiro atoms. The number of nitrogens with zero attached hydrogens (tertiary/aromatic N) is 3. The molecule has 0 aliphatic rings. The minimum atomic E-state index is -0.225. The number of methoxy groups -OCH3 is 4. The first-order valence-electron chi connectivity index (χ1n) is 10.0. The van der Waals surface area contributed by atoms with Crippen molar-refractivity contribution in [1.82, 2.24) is 14.6 Å². The highest BCUT2D eigenvalue weighted by Crippen LogP contribution is 2.40. The molecule has 4 aromatic rings. The minimum absolute atomic E-state index is 0.225. The fraction of sp³-hybridized carbons (Fsp3) is 0.261. The first-order valence-corrected chi connectivity index (χ1v) is 10.9. The Hall–Kier alpha value is -3.79. The summed E-state index contributed by atoms with van der Waals surface area (Å²) in [5, 5.41) is 8.42. The standard InChI is InChI=1S/C23H23N3O6S/c1-6-32-15-8-7-13(9-16(15)28-2)10-19-22(27)26-21(24-25-23(26)33-19)14-11-17(29-3)20(31-5)18(12-14)30-4/h7-12H,6H2,1-5H3/b19-10-. The predicted molar refractivity (Wildman–Crippen MR) is 125 cm³/mol. The van der Waals surface area contributed by atoms with Gasteiger partial charge in [-0.25, -0.2) is 4.40 Å². The van der Waals surface area contributed by atoms with Gasteiger partial charge in [-0.15, -0.1) is 10.2 Å². The molecule has 0 bridgehead atoms. The van der Waals surface area contributed by atoms with Gasteiger partial charge < -0.3 is 23.7 Å². The van der Waals surface area contributed by atoms with E-state index in [9.17, 15) is 4.79 Å². The van der Waals surface area contributed by atoms with Crippen LogP contribution in [0.15, 0.2) is 35.1 Å². The summed E-state index contributed by atoms with van der Waals surface area (Å²) in [6.07, 6.45) is 1.79. The van der Waals surface area contributed by atoms with Crippen molar-refractivity contribution >= 4 is 22.4 Å². The van der Waals surface area contributed by atoms with Gasteiger partial charge in [-0.2, -0.15) is 0 Å². The number of thiazole rings is 1. The Morgan fingerprint density at radius 3 is 2.21 bits per heavy atom. The highest BCUT2D eigenvalue weighted by atomic mass is 32.1. The number of aromatic nitrogens is 3. The predicted octanol–water partition coefficient (Wildman–Crippen LogP) is 2.80. The number of rotatable bonds is 8. The third-order valence-corrected chi connectivity index (χ3v) is 5.92. The van der Waals surface area contributed by atoms with Gasteiger partial charge in [0.15, 0.2) is 28.8 Å². The molecule has 0 saturated heterocycles. The van der Waals surface area contributed by atoms with Crippen LogP contribution in [0.1, 0.15) is 12.5 Å². The molecule has 0 aliphatic heterocycles. The highest BCUT2D eigenvalue weighted by molar-refractivity contribution is 7.15. The van der Waals surface area contributed by atoms with Gasteiger partial charge in [0.25, 0.3) is 5.56 Å². The van der Waals surface area contributed by atoms with Crippen LogP contribution in [0, 0.1) is 0 Å². The van der Waals surface area contributed by atoms with E-state index in [-0.39, 0.29) is 5.56 Å². The lowest BCUT2D eigenvalue weighted by molar-refractivity contribution is 0.311. The summed E-state index contributed by atoms with van der Waals surface area (Å²) in [7, 11) is 6.17. The van der Waals surface area contributed by atoms with E-state index in [0.29, 0.717) is 56.2 Å². The van der Waals surface area contributed by atoms with Gasteiger partial charge >= 0.3 is 0 Å². The van der Waals surface area contributed by atoms with E-state index < -0.39 is 0 Å². The second-order valence-corrected chi connectivity index (χ2v) is 7.82. The quantitative estimate of drug-likeness (QED) is 0.389. The first-order chi connectivity index (χ1) is 16.0. The van der Waals surface area contributed by atoms with E-state index in [0.717, 1.165) is 5.56 Å².